The van der Waals surface area contributed by atoms with Crippen molar-refractivity contribution >= 4 is 34.2 Å². The van der Waals surface area contributed by atoms with Gasteiger partial charge in [-0.15, -0.1) is 0 Å². The van der Waals surface area contributed by atoms with Crippen LogP contribution in [0.1, 0.15) is 0 Å². The van der Waals surface area contributed by atoms with Gasteiger partial charge in [-0.3, -0.25) is 13.9 Å². The standard InChI is InChI=1S/C17H16ClN3O3/c1-20-14-5-3-4-6-15(14)21(17(20)23)10-16(22)19-13-8-7-11(24-2)9-12(13)18/h3-9H,10H2,1-2H3,(H,19,22). The summed E-state index contributed by atoms with van der Waals surface area (Å²) in [6.45, 7) is -0.0947. The molecular formula is C17H16ClN3O3. The van der Waals surface area contributed by atoms with Crippen molar-refractivity contribution in [2.75, 3.05) is 12.4 Å². The summed E-state index contributed by atoms with van der Waals surface area (Å²) in [6, 6.07) is 12.3. The number of amides is 1. The number of para-hydroxylation sites is 2. The zero-order chi connectivity index (χ0) is 17.3. The van der Waals surface area contributed by atoms with Crippen LogP contribution < -0.4 is 15.7 Å². The van der Waals surface area contributed by atoms with Crippen molar-refractivity contribution in [3.8, 4) is 5.75 Å². The van der Waals surface area contributed by atoms with E-state index < -0.39 is 0 Å². The van der Waals surface area contributed by atoms with Crippen molar-refractivity contribution in [2.24, 2.45) is 7.05 Å². The number of nitrogens with zero attached hydrogens (tertiary/aromatic N) is 2. The molecule has 1 amide bonds. The molecule has 24 heavy (non-hydrogen) atoms. The smallest absolute Gasteiger partial charge is 0.329 e. The molecule has 0 unspecified atom stereocenters. The van der Waals surface area contributed by atoms with Crippen molar-refractivity contribution in [3.63, 3.8) is 0 Å². The van der Waals surface area contributed by atoms with Crippen LogP contribution in [0.4, 0.5) is 5.69 Å². The summed E-state index contributed by atoms with van der Waals surface area (Å²) in [6.07, 6.45) is 0. The molecule has 0 spiro atoms. The van der Waals surface area contributed by atoms with Crippen molar-refractivity contribution < 1.29 is 9.53 Å². The van der Waals surface area contributed by atoms with Gasteiger partial charge in [0.15, 0.2) is 0 Å². The Labute approximate surface area is 143 Å². The van der Waals surface area contributed by atoms with Crippen molar-refractivity contribution in [2.45, 2.75) is 6.54 Å². The van der Waals surface area contributed by atoms with E-state index in [4.69, 9.17) is 16.3 Å². The number of anilines is 1. The second-order valence-electron chi connectivity index (χ2n) is 5.31. The second-order valence-corrected chi connectivity index (χ2v) is 5.72. The second kappa shape index (κ2) is 6.41. The number of rotatable bonds is 4. The summed E-state index contributed by atoms with van der Waals surface area (Å²) in [5, 5.41) is 3.08. The molecule has 6 nitrogen and oxygen atoms in total. The van der Waals surface area contributed by atoms with E-state index in [9.17, 15) is 9.59 Å². The Morgan fingerprint density at radius 2 is 1.92 bits per heavy atom. The van der Waals surface area contributed by atoms with E-state index in [-0.39, 0.29) is 18.1 Å². The van der Waals surface area contributed by atoms with E-state index in [1.54, 1.807) is 25.2 Å². The summed E-state index contributed by atoms with van der Waals surface area (Å²) in [4.78, 5) is 24.7. The quantitative estimate of drug-likeness (QED) is 0.790. The van der Waals surface area contributed by atoms with Gasteiger partial charge in [0.25, 0.3) is 0 Å². The Hall–Kier alpha value is -2.73. The van der Waals surface area contributed by atoms with Gasteiger partial charge in [0, 0.05) is 13.1 Å². The first-order valence-corrected chi connectivity index (χ1v) is 7.66. The number of aromatic nitrogens is 2. The Morgan fingerprint density at radius 3 is 2.58 bits per heavy atom. The predicted molar refractivity (Wildman–Crippen MR) is 93.8 cm³/mol. The molecule has 0 aliphatic rings. The number of hydrogen-bond acceptors (Lipinski definition) is 3. The van der Waals surface area contributed by atoms with Crippen LogP contribution in [0.3, 0.4) is 0 Å². The maximum atomic E-state index is 12.3. The molecule has 1 heterocycles. The largest absolute Gasteiger partial charge is 0.497 e. The van der Waals surface area contributed by atoms with Crippen LogP contribution in [0.2, 0.25) is 5.02 Å². The third-order valence-electron chi connectivity index (χ3n) is 3.80. The SMILES string of the molecule is COc1ccc(NC(=O)Cn2c(=O)n(C)c3ccccc32)c(Cl)c1. The Balaban J connectivity index is 1.86. The molecule has 0 fully saturated rings. The zero-order valence-electron chi connectivity index (χ0n) is 13.2. The van der Waals surface area contributed by atoms with Gasteiger partial charge < -0.3 is 10.1 Å². The lowest BCUT2D eigenvalue weighted by atomic mass is 10.3. The van der Waals surface area contributed by atoms with Crippen LogP contribution in [0.15, 0.2) is 47.3 Å². The summed E-state index contributed by atoms with van der Waals surface area (Å²) in [7, 11) is 3.22. The molecular weight excluding hydrogens is 330 g/mol. The minimum atomic E-state index is -0.333. The summed E-state index contributed by atoms with van der Waals surface area (Å²) >= 11 is 6.12. The number of halogens is 1. The molecule has 124 valence electrons. The van der Waals surface area contributed by atoms with E-state index in [1.807, 2.05) is 24.3 Å². The molecule has 0 saturated heterocycles. The number of carbonyl (C=O) groups excluding carboxylic acids is 1. The highest BCUT2D eigenvalue weighted by molar-refractivity contribution is 6.33. The van der Waals surface area contributed by atoms with E-state index in [2.05, 4.69) is 5.32 Å². The molecule has 1 aromatic heterocycles. The number of aryl methyl sites for hydroxylation is 1. The first kappa shape index (κ1) is 16.1. The monoisotopic (exact) mass is 345 g/mol. The van der Waals surface area contributed by atoms with Gasteiger partial charge in [0.1, 0.15) is 12.3 Å². The van der Waals surface area contributed by atoms with Crippen LogP contribution >= 0.6 is 11.6 Å². The first-order chi connectivity index (χ1) is 11.5. The lowest BCUT2D eigenvalue weighted by molar-refractivity contribution is -0.116. The van der Waals surface area contributed by atoms with Gasteiger partial charge in [-0.05, 0) is 24.3 Å². The molecule has 0 bridgehead atoms. The molecule has 2 aromatic carbocycles. The summed E-state index contributed by atoms with van der Waals surface area (Å²) < 4.78 is 8.02. The Kier molecular flexibility index (Phi) is 4.31. The lowest BCUT2D eigenvalue weighted by Gasteiger charge is -2.09. The predicted octanol–water partition coefficient (Wildman–Crippen LogP) is 2.64. The van der Waals surface area contributed by atoms with Crippen LogP contribution in [0.25, 0.3) is 11.0 Å². The highest BCUT2D eigenvalue weighted by Gasteiger charge is 2.14. The third kappa shape index (κ3) is 2.88. The minimum absolute atomic E-state index is 0.0947. The molecule has 0 saturated carbocycles. The molecule has 3 rings (SSSR count). The molecule has 0 atom stereocenters. The van der Waals surface area contributed by atoms with Gasteiger partial charge in [0.2, 0.25) is 5.91 Å². The van der Waals surface area contributed by atoms with Crippen LogP contribution in [-0.2, 0) is 18.4 Å². The maximum absolute atomic E-state index is 12.3. The van der Waals surface area contributed by atoms with Crippen molar-refractivity contribution in [1.29, 1.82) is 0 Å². The van der Waals surface area contributed by atoms with Crippen LogP contribution in [0.5, 0.6) is 5.75 Å². The van der Waals surface area contributed by atoms with Gasteiger partial charge in [-0.2, -0.15) is 0 Å². The van der Waals surface area contributed by atoms with Crippen molar-refractivity contribution in [3.05, 3.63) is 58.0 Å². The Morgan fingerprint density at radius 1 is 1.21 bits per heavy atom. The molecule has 1 N–H and O–H groups in total. The maximum Gasteiger partial charge on any atom is 0.329 e. The minimum Gasteiger partial charge on any atom is -0.497 e. The molecule has 3 aromatic rings. The highest BCUT2D eigenvalue weighted by Crippen LogP contribution is 2.26. The molecule has 0 aliphatic carbocycles. The van der Waals surface area contributed by atoms with Gasteiger partial charge in [-0.25, -0.2) is 4.79 Å². The van der Waals surface area contributed by atoms with Crippen LogP contribution in [0, 0.1) is 0 Å². The number of methoxy groups -OCH3 is 1. The normalized spacial score (nSPS) is 10.8. The fourth-order valence-corrected chi connectivity index (χ4v) is 2.79. The average molecular weight is 346 g/mol. The van der Waals surface area contributed by atoms with E-state index >= 15 is 0 Å². The molecule has 0 radical (unpaired) electrons. The molecule has 0 aliphatic heterocycles. The Bertz CT molecular complexity index is 975. The average Bonchev–Trinajstić information content (AvgIpc) is 2.82. The lowest BCUT2D eigenvalue weighted by Crippen LogP contribution is -2.28. The summed E-state index contributed by atoms with van der Waals surface area (Å²) in [5.74, 6) is 0.267. The molecule has 7 heteroatoms. The van der Waals surface area contributed by atoms with Gasteiger partial charge in [-0.1, -0.05) is 23.7 Å². The number of carbonyl (C=O) groups is 1. The zero-order valence-corrected chi connectivity index (χ0v) is 14.0. The van der Waals surface area contributed by atoms with E-state index in [0.717, 1.165) is 5.52 Å². The van der Waals surface area contributed by atoms with E-state index in [0.29, 0.717) is 22.0 Å². The highest BCUT2D eigenvalue weighted by atomic mass is 35.5. The number of imidazole rings is 1. The summed E-state index contributed by atoms with van der Waals surface area (Å²) in [5.41, 5.74) is 1.71. The topological polar surface area (TPSA) is 65.3 Å². The number of ether oxygens (including phenoxy) is 1. The number of nitrogens with one attached hydrogen (secondary N) is 1. The number of fused-ring (bicyclic) bond motifs is 1. The van der Waals surface area contributed by atoms with E-state index in [1.165, 1.54) is 16.2 Å². The van der Waals surface area contributed by atoms with Gasteiger partial charge >= 0.3 is 5.69 Å². The first-order valence-electron chi connectivity index (χ1n) is 7.29. The van der Waals surface area contributed by atoms with Crippen LogP contribution in [-0.4, -0.2) is 22.2 Å². The fourth-order valence-electron chi connectivity index (χ4n) is 2.57. The third-order valence-corrected chi connectivity index (χ3v) is 4.12. The number of hydrogen-bond donors (Lipinski definition) is 1. The fraction of sp³-hybridized carbons (Fsp3) is 0.176. The van der Waals surface area contributed by atoms with Crippen molar-refractivity contribution in [1.82, 2.24) is 9.13 Å². The van der Waals surface area contributed by atoms with Gasteiger partial charge in [0.05, 0.1) is 28.9 Å². The number of benzene rings is 2.